The minimum Gasteiger partial charge on any atom is -0.359 e. The molecule has 0 bridgehead atoms. The van der Waals surface area contributed by atoms with Crippen LogP contribution in [0.15, 0.2) is 65.3 Å². The zero-order valence-corrected chi connectivity index (χ0v) is 13.2. The maximum Gasteiger partial charge on any atom is 0.159 e. The Balaban J connectivity index is 1.67. The van der Waals surface area contributed by atoms with Crippen LogP contribution in [-0.2, 0) is 6.42 Å². The smallest absolute Gasteiger partial charge is 0.159 e. The Morgan fingerprint density at radius 2 is 1.71 bits per heavy atom. The highest BCUT2D eigenvalue weighted by Crippen LogP contribution is 2.37. The Morgan fingerprint density at radius 3 is 2.58 bits per heavy atom. The number of hydrogen-bond donors (Lipinski definition) is 0. The number of nitrogens with zero attached hydrogens (tertiary/aromatic N) is 3. The maximum atomic E-state index is 5.46. The van der Waals surface area contributed by atoms with Gasteiger partial charge in [0.2, 0.25) is 0 Å². The molecule has 0 spiro atoms. The van der Waals surface area contributed by atoms with Gasteiger partial charge >= 0.3 is 0 Å². The fraction of sp³-hybridized carbons (Fsp3) is 0.100. The average molecular weight is 313 g/mol. The molecule has 4 heteroatoms. The van der Waals surface area contributed by atoms with Crippen LogP contribution in [0.5, 0.6) is 0 Å². The van der Waals surface area contributed by atoms with Gasteiger partial charge in [-0.3, -0.25) is 0 Å². The first-order valence-electron chi connectivity index (χ1n) is 8.00. The first-order chi connectivity index (χ1) is 11.8. The fourth-order valence-electron chi connectivity index (χ4n) is 3.41. The summed E-state index contributed by atoms with van der Waals surface area (Å²) in [5.41, 5.74) is 7.63. The van der Waals surface area contributed by atoms with Crippen LogP contribution in [-0.4, -0.2) is 14.9 Å². The lowest BCUT2D eigenvalue weighted by molar-refractivity contribution is 0.399. The first-order valence-corrected chi connectivity index (χ1v) is 8.00. The van der Waals surface area contributed by atoms with Crippen molar-refractivity contribution in [3.8, 4) is 28.2 Å². The van der Waals surface area contributed by atoms with Gasteiger partial charge in [0.15, 0.2) is 5.76 Å². The summed E-state index contributed by atoms with van der Waals surface area (Å²) in [7, 11) is 0. The van der Waals surface area contributed by atoms with E-state index in [0.29, 0.717) is 0 Å². The molecule has 24 heavy (non-hydrogen) atoms. The second kappa shape index (κ2) is 4.93. The van der Waals surface area contributed by atoms with E-state index in [2.05, 4.69) is 35.6 Å². The minimum absolute atomic E-state index is 0.767. The van der Waals surface area contributed by atoms with Crippen molar-refractivity contribution < 1.29 is 4.52 Å². The topological polar surface area (TPSA) is 43.9 Å². The molecule has 1 aliphatic carbocycles. The lowest BCUT2D eigenvalue weighted by Gasteiger charge is -2.04. The Hall–Kier alpha value is -3.14. The summed E-state index contributed by atoms with van der Waals surface area (Å²) in [6.45, 7) is 1.93. The van der Waals surface area contributed by atoms with Crippen molar-refractivity contribution in [2.24, 2.45) is 0 Å². The van der Waals surface area contributed by atoms with Crippen LogP contribution in [0, 0.1) is 6.92 Å². The van der Waals surface area contributed by atoms with Crippen molar-refractivity contribution in [1.29, 1.82) is 0 Å². The van der Waals surface area contributed by atoms with E-state index < -0.39 is 0 Å². The highest BCUT2D eigenvalue weighted by atomic mass is 16.5. The number of hydrogen-bond acceptors (Lipinski definition) is 3. The molecule has 0 radical (unpaired) electrons. The lowest BCUT2D eigenvalue weighted by atomic mass is 10.1. The standard InChI is InChI=1S/C20H15N3O/c1-13-20(19(22-24-13)14-7-3-2-4-8-14)23-12-16-11-15-9-5-6-10-17(15)18(16)21-23/h2-10,12H,11H2,1H3. The molecule has 2 aromatic heterocycles. The maximum absolute atomic E-state index is 5.46. The predicted molar refractivity (Wildman–Crippen MR) is 92.0 cm³/mol. The molecular formula is C20H15N3O. The third-order valence-corrected chi connectivity index (χ3v) is 4.55. The largest absolute Gasteiger partial charge is 0.359 e. The van der Waals surface area contributed by atoms with E-state index in [-0.39, 0.29) is 0 Å². The number of rotatable bonds is 2. The van der Waals surface area contributed by atoms with Gasteiger partial charge in [-0.15, -0.1) is 0 Å². The van der Waals surface area contributed by atoms with Crippen molar-refractivity contribution in [2.45, 2.75) is 13.3 Å². The molecule has 2 aromatic carbocycles. The molecule has 0 amide bonds. The Morgan fingerprint density at radius 1 is 0.917 bits per heavy atom. The molecule has 1 aliphatic rings. The van der Waals surface area contributed by atoms with E-state index in [1.54, 1.807) is 0 Å². The van der Waals surface area contributed by atoms with Gasteiger partial charge in [0, 0.05) is 29.3 Å². The summed E-state index contributed by atoms with van der Waals surface area (Å²) in [4.78, 5) is 0. The molecule has 2 heterocycles. The average Bonchev–Trinajstić information content (AvgIpc) is 3.27. The highest BCUT2D eigenvalue weighted by molar-refractivity contribution is 5.75. The van der Waals surface area contributed by atoms with Gasteiger partial charge in [0.1, 0.15) is 11.4 Å². The van der Waals surface area contributed by atoms with E-state index in [1.807, 2.05) is 41.9 Å². The van der Waals surface area contributed by atoms with Crippen molar-refractivity contribution in [2.75, 3.05) is 0 Å². The van der Waals surface area contributed by atoms with Crippen LogP contribution in [0.3, 0.4) is 0 Å². The molecule has 0 fully saturated rings. The van der Waals surface area contributed by atoms with Gasteiger partial charge < -0.3 is 4.52 Å². The second-order valence-corrected chi connectivity index (χ2v) is 6.08. The fourth-order valence-corrected chi connectivity index (χ4v) is 3.41. The molecule has 0 atom stereocenters. The zero-order valence-electron chi connectivity index (χ0n) is 13.2. The first kappa shape index (κ1) is 13.3. The SMILES string of the molecule is Cc1onc(-c2ccccc2)c1-n1cc2c(n1)-c1ccccc1C2. The van der Waals surface area contributed by atoms with E-state index in [1.165, 1.54) is 16.7 Å². The van der Waals surface area contributed by atoms with Gasteiger partial charge in [0.05, 0.1) is 5.69 Å². The molecule has 0 saturated carbocycles. The minimum atomic E-state index is 0.767. The highest BCUT2D eigenvalue weighted by Gasteiger charge is 2.25. The van der Waals surface area contributed by atoms with E-state index in [4.69, 9.17) is 9.62 Å². The molecular weight excluding hydrogens is 298 g/mol. The molecule has 0 saturated heterocycles. The Labute approximate surface area is 139 Å². The Kier molecular flexibility index (Phi) is 2.73. The number of aromatic nitrogens is 3. The van der Waals surface area contributed by atoms with E-state index in [0.717, 1.165) is 34.8 Å². The molecule has 116 valence electrons. The van der Waals surface area contributed by atoms with Crippen LogP contribution in [0.1, 0.15) is 16.9 Å². The van der Waals surface area contributed by atoms with E-state index >= 15 is 0 Å². The molecule has 0 N–H and O–H groups in total. The lowest BCUT2D eigenvalue weighted by Crippen LogP contribution is -1.99. The van der Waals surface area contributed by atoms with Crippen LogP contribution in [0.4, 0.5) is 0 Å². The third kappa shape index (κ3) is 1.86. The summed E-state index contributed by atoms with van der Waals surface area (Å²) in [6, 6.07) is 18.5. The summed E-state index contributed by atoms with van der Waals surface area (Å²) in [5, 5.41) is 9.09. The van der Waals surface area contributed by atoms with Crippen LogP contribution >= 0.6 is 0 Å². The third-order valence-electron chi connectivity index (χ3n) is 4.55. The molecule has 4 aromatic rings. The summed E-state index contributed by atoms with van der Waals surface area (Å²) in [5.74, 6) is 0.767. The van der Waals surface area contributed by atoms with Crippen molar-refractivity contribution in [1.82, 2.24) is 14.9 Å². The van der Waals surface area contributed by atoms with Crippen molar-refractivity contribution in [3.05, 3.63) is 77.7 Å². The second-order valence-electron chi connectivity index (χ2n) is 6.08. The summed E-state index contributed by atoms with van der Waals surface area (Å²) in [6.07, 6.45) is 3.03. The summed E-state index contributed by atoms with van der Waals surface area (Å²) < 4.78 is 7.38. The van der Waals surface area contributed by atoms with Gasteiger partial charge in [-0.2, -0.15) is 5.10 Å². The number of aryl methyl sites for hydroxylation is 1. The van der Waals surface area contributed by atoms with E-state index in [9.17, 15) is 0 Å². The quantitative estimate of drug-likeness (QED) is 0.485. The van der Waals surface area contributed by atoms with Gasteiger partial charge in [-0.25, -0.2) is 4.68 Å². The monoisotopic (exact) mass is 313 g/mol. The molecule has 0 unspecified atom stereocenters. The van der Waals surface area contributed by atoms with Crippen LogP contribution in [0.2, 0.25) is 0 Å². The van der Waals surface area contributed by atoms with Gasteiger partial charge in [0.25, 0.3) is 0 Å². The Bertz CT molecular complexity index is 1040. The summed E-state index contributed by atoms with van der Waals surface area (Å²) >= 11 is 0. The normalized spacial score (nSPS) is 12.2. The molecule has 4 nitrogen and oxygen atoms in total. The van der Waals surface area contributed by atoms with Gasteiger partial charge in [-0.05, 0) is 12.5 Å². The van der Waals surface area contributed by atoms with Crippen LogP contribution < -0.4 is 0 Å². The van der Waals surface area contributed by atoms with Crippen molar-refractivity contribution >= 4 is 0 Å². The van der Waals surface area contributed by atoms with Crippen LogP contribution in [0.25, 0.3) is 28.2 Å². The molecule has 5 rings (SSSR count). The zero-order chi connectivity index (χ0) is 16.1. The number of benzene rings is 2. The molecule has 0 aliphatic heterocycles. The van der Waals surface area contributed by atoms with Crippen molar-refractivity contribution in [3.63, 3.8) is 0 Å². The van der Waals surface area contributed by atoms with Gasteiger partial charge in [-0.1, -0.05) is 59.8 Å². The predicted octanol–water partition coefficient (Wildman–Crippen LogP) is 4.41. The number of fused-ring (bicyclic) bond motifs is 3.